The number of hydrogen-bond acceptors (Lipinski definition) is 6. The fourth-order valence-corrected chi connectivity index (χ4v) is 3.29. The highest BCUT2D eigenvalue weighted by Gasteiger charge is 2.28. The third-order valence-corrected chi connectivity index (χ3v) is 4.71. The van der Waals surface area contributed by atoms with Crippen molar-refractivity contribution in [2.45, 2.75) is 65.1 Å². The van der Waals surface area contributed by atoms with Crippen LogP contribution < -0.4 is 10.6 Å². The second-order valence-electron chi connectivity index (χ2n) is 7.56. The Kier molecular flexibility index (Phi) is 6.67. The van der Waals surface area contributed by atoms with E-state index in [1.54, 1.807) is 10.9 Å². The third kappa shape index (κ3) is 5.34. The smallest absolute Gasteiger partial charge is 0.231 e. The molecule has 0 fully saturated rings. The summed E-state index contributed by atoms with van der Waals surface area (Å²) < 4.78 is 1.72. The van der Waals surface area contributed by atoms with Crippen LogP contribution in [0.2, 0.25) is 0 Å². The predicted octanol–water partition coefficient (Wildman–Crippen LogP) is 1.31. The number of rotatable bonds is 7. The first-order valence-corrected chi connectivity index (χ1v) is 9.77. The molecule has 3 heterocycles. The molecule has 2 N–H and O–H groups in total. The van der Waals surface area contributed by atoms with Gasteiger partial charge in [-0.3, -0.25) is 14.6 Å². The van der Waals surface area contributed by atoms with Crippen LogP contribution in [-0.2, 0) is 29.2 Å². The molecular formula is C19H27N7O2. The molecule has 9 nitrogen and oxygen atoms in total. The summed E-state index contributed by atoms with van der Waals surface area (Å²) in [4.78, 5) is 28.8. The lowest BCUT2D eigenvalue weighted by Crippen LogP contribution is -2.30. The van der Waals surface area contributed by atoms with Crippen molar-refractivity contribution in [2.75, 3.05) is 0 Å². The lowest BCUT2D eigenvalue weighted by Gasteiger charge is -2.14. The molecule has 2 aromatic heterocycles. The molecule has 9 heteroatoms. The summed E-state index contributed by atoms with van der Waals surface area (Å²) in [6.45, 7) is 5.54. The number of aryl methyl sites for hydroxylation is 1. The molecule has 0 spiro atoms. The first-order valence-electron chi connectivity index (χ1n) is 9.77. The Hall–Kier alpha value is -2.84. The molecule has 0 saturated carbocycles. The maximum atomic E-state index is 12.7. The first kappa shape index (κ1) is 19.9. The van der Waals surface area contributed by atoms with Gasteiger partial charge in [-0.1, -0.05) is 20.3 Å². The van der Waals surface area contributed by atoms with Gasteiger partial charge in [0.2, 0.25) is 11.8 Å². The Labute approximate surface area is 164 Å². The summed E-state index contributed by atoms with van der Waals surface area (Å²) in [5.41, 5.74) is 1.70. The van der Waals surface area contributed by atoms with Crippen LogP contribution in [0.5, 0.6) is 0 Å². The van der Waals surface area contributed by atoms with E-state index < -0.39 is 0 Å². The minimum Gasteiger partial charge on any atom is -0.351 e. The molecule has 1 aliphatic rings. The number of carbonyl (C=O) groups excluding carboxylic acids is 2. The molecular weight excluding hydrogens is 358 g/mol. The van der Waals surface area contributed by atoms with Crippen molar-refractivity contribution in [1.82, 2.24) is 35.8 Å². The zero-order valence-electron chi connectivity index (χ0n) is 16.4. The van der Waals surface area contributed by atoms with E-state index in [4.69, 9.17) is 0 Å². The van der Waals surface area contributed by atoms with Gasteiger partial charge in [-0.05, 0) is 46.9 Å². The highest BCUT2D eigenvalue weighted by atomic mass is 16.2. The highest BCUT2D eigenvalue weighted by molar-refractivity contribution is 5.82. The van der Waals surface area contributed by atoms with Crippen LogP contribution in [0.1, 0.15) is 62.5 Å². The van der Waals surface area contributed by atoms with Crippen LogP contribution in [0.3, 0.4) is 0 Å². The molecule has 1 aliphatic heterocycles. The van der Waals surface area contributed by atoms with Gasteiger partial charge < -0.3 is 10.6 Å². The summed E-state index contributed by atoms with van der Waals surface area (Å²) in [6.07, 6.45) is 4.86. The monoisotopic (exact) mass is 385 g/mol. The van der Waals surface area contributed by atoms with Crippen molar-refractivity contribution < 1.29 is 9.59 Å². The number of fused-ring (bicyclic) bond motifs is 1. The van der Waals surface area contributed by atoms with E-state index in [2.05, 4.69) is 31.1 Å². The minimum atomic E-state index is -0.325. The maximum Gasteiger partial charge on any atom is 0.231 e. The largest absolute Gasteiger partial charge is 0.351 e. The molecule has 28 heavy (non-hydrogen) atoms. The van der Waals surface area contributed by atoms with Crippen molar-refractivity contribution in [3.05, 3.63) is 35.4 Å². The van der Waals surface area contributed by atoms with Gasteiger partial charge in [0.15, 0.2) is 5.82 Å². The second-order valence-corrected chi connectivity index (χ2v) is 7.56. The van der Waals surface area contributed by atoms with Crippen LogP contribution >= 0.6 is 0 Å². The number of hydrogen-bond donors (Lipinski definition) is 2. The second kappa shape index (κ2) is 9.38. The van der Waals surface area contributed by atoms with E-state index in [9.17, 15) is 9.59 Å². The zero-order chi connectivity index (χ0) is 19.9. The quantitative estimate of drug-likeness (QED) is 0.743. The van der Waals surface area contributed by atoms with Gasteiger partial charge in [0.25, 0.3) is 0 Å². The summed E-state index contributed by atoms with van der Waals surface area (Å²) in [7, 11) is 0. The van der Waals surface area contributed by atoms with Crippen molar-refractivity contribution in [3.8, 4) is 0 Å². The van der Waals surface area contributed by atoms with Crippen LogP contribution in [0.4, 0.5) is 0 Å². The molecule has 0 saturated heterocycles. The molecule has 1 atom stereocenters. The Bertz CT molecular complexity index is 818. The lowest BCUT2D eigenvalue weighted by molar-refractivity contribution is -0.123. The summed E-state index contributed by atoms with van der Waals surface area (Å²) >= 11 is 0. The molecule has 3 rings (SSSR count). The van der Waals surface area contributed by atoms with E-state index in [0.29, 0.717) is 31.3 Å². The van der Waals surface area contributed by atoms with E-state index in [1.165, 1.54) is 0 Å². The van der Waals surface area contributed by atoms with Gasteiger partial charge in [-0.2, -0.15) is 0 Å². The van der Waals surface area contributed by atoms with Crippen molar-refractivity contribution in [2.24, 2.45) is 5.92 Å². The number of amides is 2. The van der Waals surface area contributed by atoms with Gasteiger partial charge in [0, 0.05) is 25.7 Å². The van der Waals surface area contributed by atoms with Crippen molar-refractivity contribution in [1.29, 1.82) is 0 Å². The Morgan fingerprint density at radius 1 is 1.25 bits per heavy atom. The number of nitrogens with zero attached hydrogens (tertiary/aromatic N) is 5. The molecule has 0 bridgehead atoms. The van der Waals surface area contributed by atoms with E-state index in [-0.39, 0.29) is 17.7 Å². The average Bonchev–Trinajstić information content (AvgIpc) is 3.03. The van der Waals surface area contributed by atoms with Gasteiger partial charge >= 0.3 is 0 Å². The van der Waals surface area contributed by atoms with Crippen LogP contribution in [0.25, 0.3) is 0 Å². The normalized spacial score (nSPS) is 16.3. The summed E-state index contributed by atoms with van der Waals surface area (Å²) in [5.74, 6) is 0.579. The lowest BCUT2D eigenvalue weighted by atomic mass is 10.0. The van der Waals surface area contributed by atoms with E-state index in [0.717, 1.165) is 37.1 Å². The molecule has 0 aliphatic carbocycles. The van der Waals surface area contributed by atoms with E-state index >= 15 is 0 Å². The fraction of sp³-hybridized carbons (Fsp3) is 0.579. The zero-order valence-corrected chi connectivity index (χ0v) is 16.4. The van der Waals surface area contributed by atoms with Crippen LogP contribution in [-0.4, -0.2) is 37.0 Å². The number of tetrazole rings is 1. The maximum absolute atomic E-state index is 12.7. The number of aromatic nitrogens is 5. The summed E-state index contributed by atoms with van der Waals surface area (Å²) in [5, 5.41) is 17.6. The third-order valence-electron chi connectivity index (χ3n) is 4.71. The number of nitrogens with one attached hydrogen (secondary N) is 2. The minimum absolute atomic E-state index is 0.0154. The van der Waals surface area contributed by atoms with E-state index in [1.807, 2.05) is 26.0 Å². The van der Waals surface area contributed by atoms with Gasteiger partial charge in [-0.25, -0.2) is 4.68 Å². The first-order chi connectivity index (χ1) is 13.5. The highest BCUT2D eigenvalue weighted by Crippen LogP contribution is 2.24. The molecule has 1 unspecified atom stereocenters. The topological polar surface area (TPSA) is 115 Å². The predicted molar refractivity (Wildman–Crippen MR) is 102 cm³/mol. The van der Waals surface area contributed by atoms with Gasteiger partial charge in [0.1, 0.15) is 0 Å². The standard InChI is InChI=1S/C19H27N7O2/c1-13(2)9-17(27)21-12-15-10-14(6-7-20-15)11-22-19(28)16-5-3-4-8-26-18(16)23-24-25-26/h6-7,10,13,16H,3-5,8-9,11-12H2,1-2H3,(H,21,27)(H,22,28). The van der Waals surface area contributed by atoms with Crippen LogP contribution in [0, 0.1) is 5.92 Å². The Morgan fingerprint density at radius 2 is 2.11 bits per heavy atom. The molecule has 150 valence electrons. The van der Waals surface area contributed by atoms with Crippen LogP contribution in [0.15, 0.2) is 18.3 Å². The van der Waals surface area contributed by atoms with Gasteiger partial charge in [-0.15, -0.1) is 5.10 Å². The Balaban J connectivity index is 1.55. The van der Waals surface area contributed by atoms with Crippen molar-refractivity contribution >= 4 is 11.8 Å². The number of carbonyl (C=O) groups is 2. The Morgan fingerprint density at radius 3 is 2.93 bits per heavy atom. The number of pyridine rings is 1. The van der Waals surface area contributed by atoms with Gasteiger partial charge in [0.05, 0.1) is 18.2 Å². The van der Waals surface area contributed by atoms with Crippen molar-refractivity contribution in [3.63, 3.8) is 0 Å². The molecule has 0 aromatic carbocycles. The summed E-state index contributed by atoms with van der Waals surface area (Å²) in [6, 6.07) is 3.75. The average molecular weight is 385 g/mol. The fourth-order valence-electron chi connectivity index (χ4n) is 3.29. The molecule has 0 radical (unpaired) electrons. The SMILES string of the molecule is CC(C)CC(=O)NCc1cc(CNC(=O)C2CCCCn3nnnc32)ccn1. The molecule has 2 aromatic rings. The molecule has 2 amide bonds.